The zero-order chi connectivity index (χ0) is 15.2. The lowest BCUT2D eigenvalue weighted by Gasteiger charge is -2.29. The summed E-state index contributed by atoms with van der Waals surface area (Å²) in [4.78, 5) is 17.0. The number of carbonyl (C=O) groups excluding carboxylic acids is 1. The van der Waals surface area contributed by atoms with E-state index < -0.39 is 0 Å². The molecule has 1 amide bonds. The van der Waals surface area contributed by atoms with Crippen LogP contribution in [-0.4, -0.2) is 44.0 Å². The fourth-order valence-electron chi connectivity index (χ4n) is 3.01. The molecule has 0 saturated heterocycles. The lowest BCUT2D eigenvalue weighted by Crippen LogP contribution is -2.40. The van der Waals surface area contributed by atoms with Gasteiger partial charge in [-0.05, 0) is 44.0 Å². The summed E-state index contributed by atoms with van der Waals surface area (Å²) in [6, 6.07) is 8.27. The van der Waals surface area contributed by atoms with Crippen LogP contribution in [0.3, 0.4) is 0 Å². The average molecular weight is 289 g/mol. The third-order valence-corrected chi connectivity index (χ3v) is 4.24. The first kappa shape index (κ1) is 15.8. The van der Waals surface area contributed by atoms with Crippen LogP contribution >= 0.6 is 0 Å². The van der Waals surface area contributed by atoms with E-state index in [1.165, 1.54) is 12.8 Å². The molecule has 0 unspecified atom stereocenters. The van der Waals surface area contributed by atoms with E-state index in [-0.39, 0.29) is 5.91 Å². The second-order valence-electron chi connectivity index (χ2n) is 6.02. The lowest BCUT2D eigenvalue weighted by molar-refractivity contribution is 0.0680. The highest BCUT2D eigenvalue weighted by Crippen LogP contribution is 2.26. The maximum Gasteiger partial charge on any atom is 0.254 e. The van der Waals surface area contributed by atoms with Gasteiger partial charge in [-0.1, -0.05) is 18.9 Å². The summed E-state index contributed by atoms with van der Waals surface area (Å²) in [6.45, 7) is 1.40. The van der Waals surface area contributed by atoms with Crippen molar-refractivity contribution in [1.82, 2.24) is 4.90 Å². The van der Waals surface area contributed by atoms with Crippen molar-refractivity contribution in [2.24, 2.45) is 5.73 Å². The number of rotatable bonds is 6. The van der Waals surface area contributed by atoms with Crippen molar-refractivity contribution < 1.29 is 4.79 Å². The van der Waals surface area contributed by atoms with Gasteiger partial charge in [0.1, 0.15) is 0 Å². The zero-order valence-corrected chi connectivity index (χ0v) is 13.2. The minimum atomic E-state index is 0.152. The zero-order valence-electron chi connectivity index (χ0n) is 13.2. The average Bonchev–Trinajstić information content (AvgIpc) is 3.01. The standard InChI is InChI=1S/C17H27N3O/c1-19(2)16-10-5-7-14(13-16)17(21)20(12-6-11-18)15-8-3-4-9-15/h5,7,10,13,15H,3-4,6,8-9,11-12,18H2,1-2H3. The molecule has 21 heavy (non-hydrogen) atoms. The van der Waals surface area contributed by atoms with Crippen molar-refractivity contribution >= 4 is 11.6 Å². The fraction of sp³-hybridized carbons (Fsp3) is 0.588. The number of anilines is 1. The van der Waals surface area contributed by atoms with Crippen molar-refractivity contribution in [2.45, 2.75) is 38.1 Å². The van der Waals surface area contributed by atoms with Crippen molar-refractivity contribution in [3.63, 3.8) is 0 Å². The van der Waals surface area contributed by atoms with Crippen molar-refractivity contribution in [1.29, 1.82) is 0 Å². The molecule has 0 spiro atoms. The van der Waals surface area contributed by atoms with Gasteiger partial charge in [0.25, 0.3) is 5.91 Å². The molecule has 1 aliphatic carbocycles. The number of benzene rings is 1. The van der Waals surface area contributed by atoms with Crippen molar-refractivity contribution in [3.05, 3.63) is 29.8 Å². The summed E-state index contributed by atoms with van der Waals surface area (Å²) in [5.74, 6) is 0.152. The predicted octanol–water partition coefficient (Wildman–Crippen LogP) is 2.49. The van der Waals surface area contributed by atoms with Gasteiger partial charge in [0.2, 0.25) is 0 Å². The Bertz CT molecular complexity index is 467. The molecule has 0 radical (unpaired) electrons. The lowest BCUT2D eigenvalue weighted by atomic mass is 10.1. The Labute approximate surface area is 127 Å². The van der Waals surface area contributed by atoms with E-state index in [4.69, 9.17) is 5.73 Å². The summed E-state index contributed by atoms with van der Waals surface area (Å²) < 4.78 is 0. The number of nitrogens with zero attached hydrogens (tertiary/aromatic N) is 2. The molecule has 0 atom stereocenters. The van der Waals surface area contributed by atoms with Crippen LogP contribution in [0.25, 0.3) is 0 Å². The molecule has 0 bridgehead atoms. The SMILES string of the molecule is CN(C)c1cccc(C(=O)N(CCCN)C2CCCC2)c1. The third kappa shape index (κ3) is 3.97. The Hall–Kier alpha value is -1.55. The maximum absolute atomic E-state index is 12.9. The summed E-state index contributed by atoms with van der Waals surface area (Å²) in [7, 11) is 3.99. The van der Waals surface area contributed by atoms with E-state index in [0.717, 1.165) is 37.1 Å². The Morgan fingerprint density at radius 2 is 2.00 bits per heavy atom. The number of amides is 1. The monoisotopic (exact) mass is 289 g/mol. The van der Waals surface area contributed by atoms with Crippen LogP contribution in [0.4, 0.5) is 5.69 Å². The number of nitrogens with two attached hydrogens (primary N) is 1. The molecule has 1 saturated carbocycles. The molecule has 2 rings (SSSR count). The van der Waals surface area contributed by atoms with Crippen LogP contribution in [0.1, 0.15) is 42.5 Å². The van der Waals surface area contributed by atoms with Gasteiger partial charge in [0.15, 0.2) is 0 Å². The molecule has 0 aliphatic heterocycles. The quantitative estimate of drug-likeness (QED) is 0.875. The Morgan fingerprint density at radius 3 is 2.62 bits per heavy atom. The smallest absolute Gasteiger partial charge is 0.254 e. The van der Waals surface area contributed by atoms with E-state index in [2.05, 4.69) is 4.90 Å². The first-order valence-electron chi connectivity index (χ1n) is 7.92. The van der Waals surface area contributed by atoms with Gasteiger partial charge in [-0.3, -0.25) is 4.79 Å². The molecule has 1 aliphatic rings. The van der Waals surface area contributed by atoms with Gasteiger partial charge >= 0.3 is 0 Å². The summed E-state index contributed by atoms with van der Waals surface area (Å²) in [5, 5.41) is 0. The summed E-state index contributed by atoms with van der Waals surface area (Å²) >= 11 is 0. The van der Waals surface area contributed by atoms with Gasteiger partial charge in [-0.2, -0.15) is 0 Å². The van der Waals surface area contributed by atoms with Crippen LogP contribution in [0.15, 0.2) is 24.3 Å². The largest absolute Gasteiger partial charge is 0.378 e. The molecule has 1 fully saturated rings. The minimum absolute atomic E-state index is 0.152. The van der Waals surface area contributed by atoms with Crippen LogP contribution in [-0.2, 0) is 0 Å². The highest BCUT2D eigenvalue weighted by atomic mass is 16.2. The summed E-state index contributed by atoms with van der Waals surface area (Å²) in [6.07, 6.45) is 5.59. The number of carbonyl (C=O) groups is 1. The van der Waals surface area contributed by atoms with Gasteiger partial charge < -0.3 is 15.5 Å². The topological polar surface area (TPSA) is 49.6 Å². The summed E-state index contributed by atoms with van der Waals surface area (Å²) in [5.41, 5.74) is 7.48. The van der Waals surface area contributed by atoms with E-state index in [9.17, 15) is 4.79 Å². The predicted molar refractivity (Wildman–Crippen MR) is 87.7 cm³/mol. The fourth-order valence-corrected chi connectivity index (χ4v) is 3.01. The van der Waals surface area contributed by atoms with Crippen LogP contribution in [0, 0.1) is 0 Å². The second kappa shape index (κ2) is 7.46. The molecule has 4 heteroatoms. The molecule has 0 heterocycles. The van der Waals surface area contributed by atoms with Crippen LogP contribution < -0.4 is 10.6 Å². The molecular formula is C17H27N3O. The molecule has 1 aromatic rings. The van der Waals surface area contributed by atoms with E-state index in [1.54, 1.807) is 0 Å². The molecule has 116 valence electrons. The normalized spacial score (nSPS) is 15.2. The molecule has 1 aromatic carbocycles. The highest BCUT2D eigenvalue weighted by molar-refractivity contribution is 5.95. The second-order valence-corrected chi connectivity index (χ2v) is 6.02. The first-order valence-corrected chi connectivity index (χ1v) is 7.92. The molecule has 2 N–H and O–H groups in total. The van der Waals surface area contributed by atoms with Crippen molar-refractivity contribution in [2.75, 3.05) is 32.1 Å². The molecule has 4 nitrogen and oxygen atoms in total. The number of hydrogen-bond donors (Lipinski definition) is 1. The van der Waals surface area contributed by atoms with Gasteiger partial charge in [-0.15, -0.1) is 0 Å². The Balaban J connectivity index is 2.18. The van der Waals surface area contributed by atoms with Crippen LogP contribution in [0.2, 0.25) is 0 Å². The van der Waals surface area contributed by atoms with E-state index in [0.29, 0.717) is 12.6 Å². The van der Waals surface area contributed by atoms with E-state index in [1.807, 2.05) is 43.3 Å². The molecule has 0 aromatic heterocycles. The maximum atomic E-state index is 12.9. The Kier molecular flexibility index (Phi) is 5.62. The van der Waals surface area contributed by atoms with Gasteiger partial charge in [-0.25, -0.2) is 0 Å². The van der Waals surface area contributed by atoms with Crippen LogP contribution in [0.5, 0.6) is 0 Å². The van der Waals surface area contributed by atoms with Gasteiger partial charge in [0, 0.05) is 37.9 Å². The molecular weight excluding hydrogens is 262 g/mol. The first-order chi connectivity index (χ1) is 10.1. The van der Waals surface area contributed by atoms with Crippen molar-refractivity contribution in [3.8, 4) is 0 Å². The third-order valence-electron chi connectivity index (χ3n) is 4.24. The highest BCUT2D eigenvalue weighted by Gasteiger charge is 2.27. The number of hydrogen-bond acceptors (Lipinski definition) is 3. The van der Waals surface area contributed by atoms with E-state index >= 15 is 0 Å². The Morgan fingerprint density at radius 1 is 1.29 bits per heavy atom. The van der Waals surface area contributed by atoms with Gasteiger partial charge in [0.05, 0.1) is 0 Å². The minimum Gasteiger partial charge on any atom is -0.378 e.